The second-order valence-corrected chi connectivity index (χ2v) is 4.54. The van der Waals surface area contributed by atoms with Gasteiger partial charge in [-0.25, -0.2) is 9.78 Å². The Balaban J connectivity index is 2.24. The van der Waals surface area contributed by atoms with E-state index in [0.717, 1.165) is 17.3 Å². The van der Waals surface area contributed by atoms with E-state index in [1.54, 1.807) is 13.0 Å². The predicted octanol–water partition coefficient (Wildman–Crippen LogP) is 2.33. The molecule has 0 aliphatic carbocycles. The number of aryl methyl sites for hydroxylation is 1. The molecule has 2 aromatic rings. The Bertz CT molecular complexity index is 578. The summed E-state index contributed by atoms with van der Waals surface area (Å²) in [6, 6.07) is 9.27. The third-order valence-electron chi connectivity index (χ3n) is 2.09. The van der Waals surface area contributed by atoms with Gasteiger partial charge in [-0.05, 0) is 30.3 Å². The number of carboxylic acid groups (broad SMARTS) is 1. The van der Waals surface area contributed by atoms with Gasteiger partial charge in [0.2, 0.25) is 5.16 Å². The number of nitrogens with one attached hydrogen (secondary N) is 1. The minimum atomic E-state index is -0.994. The normalized spacial score (nSPS) is 11.5. The SMILES string of the molecule is Cc1nc(SC(=Cc2ccccc2)C(=O)O)n[nH]1. The first-order chi connectivity index (χ1) is 8.65. The zero-order chi connectivity index (χ0) is 13.0. The first-order valence-electron chi connectivity index (χ1n) is 5.22. The smallest absolute Gasteiger partial charge is 0.342 e. The molecule has 0 spiro atoms. The van der Waals surface area contributed by atoms with Crippen LogP contribution in [0.25, 0.3) is 6.08 Å². The zero-order valence-corrected chi connectivity index (χ0v) is 10.4. The minimum absolute atomic E-state index is 0.181. The van der Waals surface area contributed by atoms with Crippen LogP contribution in [0.2, 0.25) is 0 Å². The van der Waals surface area contributed by atoms with Crippen LogP contribution in [-0.2, 0) is 4.79 Å². The average molecular weight is 261 g/mol. The van der Waals surface area contributed by atoms with Crippen molar-refractivity contribution in [3.63, 3.8) is 0 Å². The number of rotatable bonds is 4. The van der Waals surface area contributed by atoms with Crippen molar-refractivity contribution >= 4 is 23.8 Å². The molecule has 1 aromatic carbocycles. The summed E-state index contributed by atoms with van der Waals surface area (Å²) in [5.41, 5.74) is 0.828. The maximum atomic E-state index is 11.2. The fraction of sp³-hybridized carbons (Fsp3) is 0.0833. The van der Waals surface area contributed by atoms with Gasteiger partial charge in [0.05, 0.1) is 0 Å². The zero-order valence-electron chi connectivity index (χ0n) is 9.62. The van der Waals surface area contributed by atoms with Crippen LogP contribution in [-0.4, -0.2) is 26.3 Å². The van der Waals surface area contributed by atoms with E-state index in [4.69, 9.17) is 5.11 Å². The highest BCUT2D eigenvalue weighted by molar-refractivity contribution is 8.04. The number of benzene rings is 1. The highest BCUT2D eigenvalue weighted by Gasteiger charge is 2.12. The van der Waals surface area contributed by atoms with E-state index in [9.17, 15) is 4.79 Å². The second kappa shape index (κ2) is 5.50. The van der Waals surface area contributed by atoms with E-state index >= 15 is 0 Å². The molecule has 0 fully saturated rings. The van der Waals surface area contributed by atoms with Gasteiger partial charge in [0.1, 0.15) is 10.7 Å². The van der Waals surface area contributed by atoms with Gasteiger partial charge >= 0.3 is 5.97 Å². The lowest BCUT2D eigenvalue weighted by Gasteiger charge is -1.98. The van der Waals surface area contributed by atoms with Crippen molar-refractivity contribution in [2.24, 2.45) is 0 Å². The van der Waals surface area contributed by atoms with Crippen molar-refractivity contribution in [2.45, 2.75) is 12.1 Å². The summed E-state index contributed by atoms with van der Waals surface area (Å²) in [6.45, 7) is 1.76. The van der Waals surface area contributed by atoms with Crippen molar-refractivity contribution in [3.8, 4) is 0 Å². The molecule has 5 nitrogen and oxygen atoms in total. The quantitative estimate of drug-likeness (QED) is 0.652. The third kappa shape index (κ3) is 3.21. The number of thioether (sulfide) groups is 1. The Morgan fingerprint density at radius 2 is 2.11 bits per heavy atom. The van der Waals surface area contributed by atoms with Gasteiger partial charge in [0.15, 0.2) is 0 Å². The molecule has 6 heteroatoms. The topological polar surface area (TPSA) is 78.9 Å². The van der Waals surface area contributed by atoms with Crippen LogP contribution in [0.5, 0.6) is 0 Å². The van der Waals surface area contributed by atoms with Crippen LogP contribution < -0.4 is 0 Å². The highest BCUT2D eigenvalue weighted by atomic mass is 32.2. The molecule has 92 valence electrons. The lowest BCUT2D eigenvalue weighted by atomic mass is 10.2. The number of aromatic nitrogens is 3. The number of hydrogen-bond acceptors (Lipinski definition) is 4. The maximum absolute atomic E-state index is 11.2. The fourth-order valence-electron chi connectivity index (χ4n) is 1.30. The minimum Gasteiger partial charge on any atom is -0.477 e. The lowest BCUT2D eigenvalue weighted by Crippen LogP contribution is -1.97. The van der Waals surface area contributed by atoms with Crippen LogP contribution in [0.3, 0.4) is 0 Å². The number of aromatic amines is 1. The van der Waals surface area contributed by atoms with E-state index < -0.39 is 5.97 Å². The van der Waals surface area contributed by atoms with Crippen molar-refractivity contribution in [3.05, 3.63) is 46.6 Å². The molecule has 0 atom stereocenters. The van der Waals surface area contributed by atoms with Crippen LogP contribution >= 0.6 is 11.8 Å². The highest BCUT2D eigenvalue weighted by Crippen LogP contribution is 2.25. The van der Waals surface area contributed by atoms with E-state index in [1.165, 1.54) is 0 Å². The summed E-state index contributed by atoms with van der Waals surface area (Å²) in [6.07, 6.45) is 1.60. The van der Waals surface area contributed by atoms with Gasteiger partial charge in [0, 0.05) is 0 Å². The summed E-state index contributed by atoms with van der Waals surface area (Å²) in [7, 11) is 0. The Morgan fingerprint density at radius 1 is 1.39 bits per heavy atom. The molecule has 0 bridgehead atoms. The lowest BCUT2D eigenvalue weighted by molar-refractivity contribution is -0.131. The summed E-state index contributed by atoms with van der Waals surface area (Å²) >= 11 is 1.02. The first kappa shape index (κ1) is 12.4. The molecular formula is C12H11N3O2S. The van der Waals surface area contributed by atoms with Crippen LogP contribution in [0.15, 0.2) is 40.4 Å². The van der Waals surface area contributed by atoms with Gasteiger partial charge < -0.3 is 5.11 Å². The van der Waals surface area contributed by atoms with Crippen molar-refractivity contribution in [1.82, 2.24) is 15.2 Å². The number of carboxylic acids is 1. The van der Waals surface area contributed by atoms with Gasteiger partial charge in [-0.1, -0.05) is 30.3 Å². The molecule has 0 amide bonds. The summed E-state index contributed by atoms with van der Waals surface area (Å²) in [4.78, 5) is 15.4. The molecular weight excluding hydrogens is 250 g/mol. The monoisotopic (exact) mass is 261 g/mol. The summed E-state index contributed by atoms with van der Waals surface area (Å²) in [5.74, 6) is -0.340. The van der Waals surface area contributed by atoms with Crippen LogP contribution in [0, 0.1) is 6.92 Å². The first-order valence-corrected chi connectivity index (χ1v) is 6.03. The number of carbonyl (C=O) groups is 1. The molecule has 0 saturated carbocycles. The fourth-order valence-corrected chi connectivity index (χ4v) is 2.05. The van der Waals surface area contributed by atoms with Crippen LogP contribution in [0.4, 0.5) is 0 Å². The molecule has 0 saturated heterocycles. The molecule has 2 N–H and O–H groups in total. The standard InChI is InChI=1S/C12H11N3O2S/c1-8-13-12(15-14-8)18-10(11(16)17)7-9-5-3-2-4-6-9/h2-7H,1H3,(H,16,17)(H,13,14,15). The average Bonchev–Trinajstić information content (AvgIpc) is 2.75. The van der Waals surface area contributed by atoms with E-state index in [-0.39, 0.29) is 4.91 Å². The summed E-state index contributed by atoms with van der Waals surface area (Å²) in [5, 5.41) is 16.1. The molecule has 2 rings (SSSR count). The Kier molecular flexibility index (Phi) is 3.78. The van der Waals surface area contributed by atoms with Gasteiger partial charge in [-0.15, -0.1) is 5.10 Å². The Labute approximate surface area is 108 Å². The van der Waals surface area contributed by atoms with Gasteiger partial charge in [-0.2, -0.15) is 0 Å². The van der Waals surface area contributed by atoms with Crippen molar-refractivity contribution in [2.75, 3.05) is 0 Å². The maximum Gasteiger partial charge on any atom is 0.342 e. The van der Waals surface area contributed by atoms with Gasteiger partial charge in [0.25, 0.3) is 0 Å². The molecule has 1 heterocycles. The number of aliphatic carboxylic acids is 1. The van der Waals surface area contributed by atoms with Gasteiger partial charge in [-0.3, -0.25) is 5.10 Å². The third-order valence-corrected chi connectivity index (χ3v) is 2.96. The second-order valence-electron chi connectivity index (χ2n) is 3.53. The number of H-pyrrole nitrogens is 1. The predicted molar refractivity (Wildman–Crippen MR) is 69.0 cm³/mol. The largest absolute Gasteiger partial charge is 0.477 e. The van der Waals surface area contributed by atoms with E-state index in [0.29, 0.717) is 11.0 Å². The Morgan fingerprint density at radius 3 is 2.67 bits per heavy atom. The van der Waals surface area contributed by atoms with Crippen molar-refractivity contribution in [1.29, 1.82) is 0 Å². The molecule has 0 aliphatic rings. The van der Waals surface area contributed by atoms with Crippen LogP contribution in [0.1, 0.15) is 11.4 Å². The summed E-state index contributed by atoms with van der Waals surface area (Å²) < 4.78 is 0. The molecule has 0 aliphatic heterocycles. The number of hydrogen-bond donors (Lipinski definition) is 2. The van der Waals surface area contributed by atoms with E-state index in [1.807, 2.05) is 30.3 Å². The Hall–Kier alpha value is -2.08. The number of nitrogens with zero attached hydrogens (tertiary/aromatic N) is 2. The van der Waals surface area contributed by atoms with Crippen molar-refractivity contribution < 1.29 is 9.90 Å². The molecule has 0 radical (unpaired) electrons. The molecule has 1 aromatic heterocycles. The van der Waals surface area contributed by atoms with E-state index in [2.05, 4.69) is 15.2 Å². The molecule has 0 unspecified atom stereocenters. The molecule has 18 heavy (non-hydrogen) atoms.